The van der Waals surface area contributed by atoms with Gasteiger partial charge in [0.1, 0.15) is 12.4 Å². The van der Waals surface area contributed by atoms with Crippen LogP contribution < -0.4 is 20.2 Å². The summed E-state index contributed by atoms with van der Waals surface area (Å²) in [4.78, 5) is 24.3. The average Bonchev–Trinajstić information content (AvgIpc) is 2.84. The van der Waals surface area contributed by atoms with Gasteiger partial charge in [0.15, 0.2) is 11.5 Å². The predicted octanol–water partition coefficient (Wildman–Crippen LogP) is 4.51. The molecule has 8 heteroatoms. The predicted molar refractivity (Wildman–Crippen MR) is 129 cm³/mol. The number of rotatable bonds is 7. The molecule has 34 heavy (non-hydrogen) atoms. The molecule has 0 spiro atoms. The van der Waals surface area contributed by atoms with Crippen molar-refractivity contribution in [1.29, 1.82) is 0 Å². The number of hydrazone groups is 1. The number of amides is 2. The number of benzene rings is 3. The van der Waals surface area contributed by atoms with E-state index in [4.69, 9.17) is 9.47 Å². The van der Waals surface area contributed by atoms with Crippen LogP contribution in [0.25, 0.3) is 0 Å². The zero-order valence-corrected chi connectivity index (χ0v) is 19.4. The van der Waals surface area contributed by atoms with Gasteiger partial charge in [0.25, 0.3) is 0 Å². The molecule has 0 fully saturated rings. The second kappa shape index (κ2) is 11.1. The van der Waals surface area contributed by atoms with Crippen molar-refractivity contribution in [2.75, 3.05) is 12.4 Å². The highest BCUT2D eigenvalue weighted by Crippen LogP contribution is 2.29. The summed E-state index contributed by atoms with van der Waals surface area (Å²) in [5.41, 5.74) is 6.39. The minimum atomic E-state index is -0.894. The van der Waals surface area contributed by atoms with Crippen LogP contribution in [0.5, 0.6) is 11.5 Å². The van der Waals surface area contributed by atoms with E-state index in [2.05, 4.69) is 15.8 Å². The van der Waals surface area contributed by atoms with Crippen molar-refractivity contribution in [2.24, 2.45) is 5.10 Å². The van der Waals surface area contributed by atoms with Gasteiger partial charge in [-0.15, -0.1) is 0 Å². The maximum atomic E-state index is 13.8. The van der Waals surface area contributed by atoms with E-state index in [0.29, 0.717) is 34.0 Å². The Hall–Kier alpha value is -4.20. The molecule has 0 saturated carbocycles. The van der Waals surface area contributed by atoms with E-state index in [1.54, 1.807) is 55.5 Å². The summed E-state index contributed by atoms with van der Waals surface area (Å²) in [6.45, 7) is 5.60. The molecule has 0 saturated heterocycles. The van der Waals surface area contributed by atoms with E-state index in [0.717, 1.165) is 11.1 Å². The lowest BCUT2D eigenvalue weighted by atomic mass is 10.1. The molecule has 2 amide bonds. The van der Waals surface area contributed by atoms with Crippen molar-refractivity contribution in [3.63, 3.8) is 0 Å². The normalized spacial score (nSPS) is 11.0. The minimum Gasteiger partial charge on any atom is -0.493 e. The van der Waals surface area contributed by atoms with E-state index in [1.807, 2.05) is 19.9 Å². The van der Waals surface area contributed by atoms with Crippen LogP contribution in [-0.4, -0.2) is 24.6 Å². The van der Waals surface area contributed by atoms with E-state index in [-0.39, 0.29) is 12.4 Å². The van der Waals surface area contributed by atoms with E-state index in [9.17, 15) is 14.0 Å². The Morgan fingerprint density at radius 3 is 2.41 bits per heavy atom. The van der Waals surface area contributed by atoms with Crippen LogP contribution in [-0.2, 0) is 16.2 Å². The van der Waals surface area contributed by atoms with E-state index >= 15 is 0 Å². The summed E-state index contributed by atoms with van der Waals surface area (Å²) in [5.74, 6) is -1.22. The fraction of sp³-hybridized carbons (Fsp3) is 0.192. The highest BCUT2D eigenvalue weighted by molar-refractivity contribution is 6.39. The third kappa shape index (κ3) is 6.19. The second-order valence-corrected chi connectivity index (χ2v) is 7.64. The number of anilines is 1. The van der Waals surface area contributed by atoms with Gasteiger partial charge >= 0.3 is 11.8 Å². The number of methoxy groups -OCH3 is 1. The molecule has 0 aliphatic carbocycles. The van der Waals surface area contributed by atoms with Gasteiger partial charge in [-0.3, -0.25) is 9.59 Å². The molecule has 0 radical (unpaired) electrons. The number of nitrogens with one attached hydrogen (secondary N) is 2. The Morgan fingerprint density at radius 2 is 1.71 bits per heavy atom. The van der Waals surface area contributed by atoms with Crippen LogP contribution in [0.15, 0.2) is 65.8 Å². The van der Waals surface area contributed by atoms with Crippen molar-refractivity contribution in [1.82, 2.24) is 5.43 Å². The second-order valence-electron chi connectivity index (χ2n) is 7.64. The minimum absolute atomic E-state index is 0.0428. The summed E-state index contributed by atoms with van der Waals surface area (Å²) >= 11 is 0. The number of carbonyl (C=O) groups excluding carboxylic acids is 2. The molecule has 0 aliphatic rings. The molecule has 0 aliphatic heterocycles. The fourth-order valence-corrected chi connectivity index (χ4v) is 3.04. The first-order chi connectivity index (χ1) is 16.3. The van der Waals surface area contributed by atoms with Crippen LogP contribution in [0.2, 0.25) is 0 Å². The molecule has 2 N–H and O–H groups in total. The first kappa shape index (κ1) is 24.4. The molecule has 0 aromatic heterocycles. The third-order valence-electron chi connectivity index (χ3n) is 5.22. The van der Waals surface area contributed by atoms with Gasteiger partial charge < -0.3 is 14.8 Å². The highest BCUT2D eigenvalue weighted by Gasteiger charge is 2.14. The van der Waals surface area contributed by atoms with Gasteiger partial charge in [-0.1, -0.05) is 24.3 Å². The summed E-state index contributed by atoms with van der Waals surface area (Å²) < 4.78 is 24.9. The maximum Gasteiger partial charge on any atom is 0.329 e. The molecule has 0 bridgehead atoms. The Morgan fingerprint density at radius 1 is 0.941 bits per heavy atom. The fourth-order valence-electron chi connectivity index (χ4n) is 3.04. The summed E-state index contributed by atoms with van der Waals surface area (Å²) in [6.07, 6.45) is 0. The van der Waals surface area contributed by atoms with Gasteiger partial charge in [0.2, 0.25) is 0 Å². The quantitative estimate of drug-likeness (QED) is 0.307. The molecule has 0 unspecified atom stereocenters. The molecular weight excluding hydrogens is 437 g/mol. The lowest BCUT2D eigenvalue weighted by Crippen LogP contribution is -2.33. The van der Waals surface area contributed by atoms with Gasteiger partial charge in [-0.05, 0) is 68.3 Å². The number of nitrogens with zero attached hydrogens (tertiary/aromatic N) is 1. The molecule has 176 valence electrons. The zero-order chi connectivity index (χ0) is 24.7. The lowest BCUT2D eigenvalue weighted by molar-refractivity contribution is -0.136. The number of hydrogen-bond donors (Lipinski definition) is 2. The maximum absolute atomic E-state index is 13.8. The molecule has 0 atom stereocenters. The Balaban J connectivity index is 1.63. The SMILES string of the molecule is COc1cc(/C(C)=N/NC(=O)C(=O)Nc2ccc(C)c(C)c2)ccc1OCc1ccccc1F. The standard InChI is InChI=1S/C26H26FN3O4/c1-16-9-11-21(13-17(16)2)28-25(31)26(32)30-29-18(3)19-10-12-23(24(14-19)33-4)34-15-20-7-5-6-8-22(20)27/h5-14H,15H2,1-4H3,(H,28,31)(H,30,32)/b29-18+. The van der Waals surface area contributed by atoms with Crippen LogP contribution in [0, 0.1) is 19.7 Å². The van der Waals surface area contributed by atoms with Crippen molar-refractivity contribution in [3.05, 3.63) is 88.7 Å². The van der Waals surface area contributed by atoms with E-state index < -0.39 is 11.8 Å². The molecule has 3 aromatic rings. The number of ether oxygens (including phenoxy) is 2. The van der Waals surface area contributed by atoms with Gasteiger partial charge in [-0.2, -0.15) is 5.10 Å². The summed E-state index contributed by atoms with van der Waals surface area (Å²) in [6, 6.07) is 16.8. The summed E-state index contributed by atoms with van der Waals surface area (Å²) in [5, 5.41) is 6.56. The van der Waals surface area contributed by atoms with Crippen LogP contribution in [0.1, 0.15) is 29.2 Å². The number of aryl methyl sites for hydroxylation is 2. The Labute approximate surface area is 197 Å². The lowest BCUT2D eigenvalue weighted by Gasteiger charge is -2.13. The van der Waals surface area contributed by atoms with Crippen LogP contribution in [0.3, 0.4) is 0 Å². The van der Waals surface area contributed by atoms with Crippen LogP contribution >= 0.6 is 0 Å². The number of halogens is 1. The highest BCUT2D eigenvalue weighted by atomic mass is 19.1. The number of carbonyl (C=O) groups is 2. The molecule has 3 aromatic carbocycles. The van der Waals surface area contributed by atoms with Gasteiger partial charge in [0, 0.05) is 16.8 Å². The molecule has 3 rings (SSSR count). The topological polar surface area (TPSA) is 89.0 Å². The Kier molecular flexibility index (Phi) is 7.97. The zero-order valence-electron chi connectivity index (χ0n) is 19.4. The molecule has 7 nitrogen and oxygen atoms in total. The monoisotopic (exact) mass is 463 g/mol. The molecular formula is C26H26FN3O4. The summed E-state index contributed by atoms with van der Waals surface area (Å²) in [7, 11) is 1.49. The first-order valence-corrected chi connectivity index (χ1v) is 10.6. The first-order valence-electron chi connectivity index (χ1n) is 10.6. The third-order valence-corrected chi connectivity index (χ3v) is 5.22. The van der Waals surface area contributed by atoms with Gasteiger partial charge in [0.05, 0.1) is 12.8 Å². The average molecular weight is 464 g/mol. The molecule has 0 heterocycles. The van der Waals surface area contributed by atoms with E-state index in [1.165, 1.54) is 13.2 Å². The van der Waals surface area contributed by atoms with Crippen molar-refractivity contribution in [2.45, 2.75) is 27.4 Å². The van der Waals surface area contributed by atoms with Crippen molar-refractivity contribution >= 4 is 23.2 Å². The Bertz CT molecular complexity index is 1240. The number of hydrogen-bond acceptors (Lipinski definition) is 5. The van der Waals surface area contributed by atoms with Crippen LogP contribution in [0.4, 0.5) is 10.1 Å². The van der Waals surface area contributed by atoms with Gasteiger partial charge in [-0.25, -0.2) is 9.82 Å². The smallest absolute Gasteiger partial charge is 0.329 e. The largest absolute Gasteiger partial charge is 0.493 e. The van der Waals surface area contributed by atoms with Crippen molar-refractivity contribution < 1.29 is 23.5 Å². The van der Waals surface area contributed by atoms with Crippen molar-refractivity contribution in [3.8, 4) is 11.5 Å².